The molecule has 4 atom stereocenters. The molecule has 1 aromatic carbocycles. The predicted octanol–water partition coefficient (Wildman–Crippen LogP) is 11.2. The Hall–Kier alpha value is -5.03. The van der Waals surface area contributed by atoms with Crippen LogP contribution in [0.4, 0.5) is 5.69 Å². The number of fused-ring (bicyclic) bond motifs is 4. The number of aliphatic imine (C=N–C) groups is 2. The molecule has 272 valence electrons. The van der Waals surface area contributed by atoms with Crippen molar-refractivity contribution in [2.75, 3.05) is 11.9 Å². The second-order valence-corrected chi connectivity index (χ2v) is 16.3. The normalized spacial score (nSPS) is 27.7. The lowest BCUT2D eigenvalue weighted by atomic mass is 9.79. The van der Waals surface area contributed by atoms with Crippen molar-refractivity contribution in [3.05, 3.63) is 153 Å². The number of aryl methyl sites for hydroxylation is 1. The van der Waals surface area contributed by atoms with Crippen LogP contribution in [0.25, 0.3) is 10.9 Å². The third-order valence-electron chi connectivity index (χ3n) is 12.8. The van der Waals surface area contributed by atoms with Crippen molar-refractivity contribution in [3.63, 3.8) is 0 Å². The molecular formula is C49H51N5. The largest absolute Gasteiger partial charge is 0.383 e. The zero-order chi connectivity index (χ0) is 35.8. The SMILES string of the molecule is C1=CCCC(C2N=C(C3=CC(C4=C5N=CCCC5=CCC4)=CC(c4ccc5ccc6c(c5n4)NCCC6)C3)C=C(C3=CCC(C4C=CCCC4)C=C3)N2)=C1. The van der Waals surface area contributed by atoms with Crippen LogP contribution >= 0.6 is 0 Å². The molecule has 0 spiro atoms. The number of nitrogens with zero attached hydrogens (tertiary/aromatic N) is 3. The monoisotopic (exact) mass is 709 g/mol. The van der Waals surface area contributed by atoms with E-state index in [2.05, 4.69) is 114 Å². The lowest BCUT2D eigenvalue weighted by Crippen LogP contribution is -2.35. The van der Waals surface area contributed by atoms with Gasteiger partial charge in [0.1, 0.15) is 6.17 Å². The highest BCUT2D eigenvalue weighted by Crippen LogP contribution is 2.42. The summed E-state index contributed by atoms with van der Waals surface area (Å²) >= 11 is 0. The van der Waals surface area contributed by atoms with E-state index in [0.717, 1.165) is 81.3 Å². The van der Waals surface area contributed by atoms with Gasteiger partial charge in [-0.3, -0.25) is 15.0 Å². The highest BCUT2D eigenvalue weighted by molar-refractivity contribution is 6.10. The van der Waals surface area contributed by atoms with E-state index >= 15 is 0 Å². The third kappa shape index (κ3) is 6.56. The van der Waals surface area contributed by atoms with Gasteiger partial charge >= 0.3 is 0 Å². The number of anilines is 1. The standard InChI is InChI=1S/C49H51N5/c1-3-10-32(11-4-1)33-18-20-34(21-19-33)44-31-45(54-49(53-44)38-12-5-2-6-13-38)41-29-39(42-17-7-14-35-15-8-26-50-46(35)42)28-40(30-41)43-25-24-37-23-22-36-16-9-27-51-47(36)48(37)52-43/h2-3,5,10,12,14,18,20-26,28-29,31-33,40,49,51,53H,1,4,6-9,11,13,15-17,19,27,30H2. The summed E-state index contributed by atoms with van der Waals surface area (Å²) in [5.41, 5.74) is 16.3. The van der Waals surface area contributed by atoms with Gasteiger partial charge < -0.3 is 10.6 Å². The van der Waals surface area contributed by atoms with Crippen LogP contribution < -0.4 is 10.6 Å². The van der Waals surface area contributed by atoms with Crippen LogP contribution in [0, 0.1) is 11.8 Å². The molecule has 5 heteroatoms. The minimum absolute atomic E-state index is 0.0856. The molecule has 0 bridgehead atoms. The molecule has 5 nitrogen and oxygen atoms in total. The highest BCUT2D eigenvalue weighted by atomic mass is 15.1. The van der Waals surface area contributed by atoms with Crippen molar-refractivity contribution < 1.29 is 0 Å². The van der Waals surface area contributed by atoms with Gasteiger partial charge in [-0.15, -0.1) is 0 Å². The zero-order valence-electron chi connectivity index (χ0n) is 31.4. The zero-order valence-corrected chi connectivity index (χ0v) is 31.4. The average molecular weight is 710 g/mol. The summed E-state index contributed by atoms with van der Waals surface area (Å²) in [6.07, 6.45) is 45.0. The van der Waals surface area contributed by atoms with Crippen LogP contribution in [-0.4, -0.2) is 29.6 Å². The van der Waals surface area contributed by atoms with Gasteiger partial charge in [0.15, 0.2) is 0 Å². The summed E-state index contributed by atoms with van der Waals surface area (Å²) < 4.78 is 0. The number of benzene rings is 1. The van der Waals surface area contributed by atoms with Gasteiger partial charge in [-0.05, 0) is 153 Å². The second-order valence-electron chi connectivity index (χ2n) is 16.3. The van der Waals surface area contributed by atoms with Crippen molar-refractivity contribution in [2.45, 2.75) is 95.6 Å². The Morgan fingerprint density at radius 2 is 1.78 bits per heavy atom. The fourth-order valence-corrected chi connectivity index (χ4v) is 9.80. The minimum Gasteiger partial charge on any atom is -0.383 e. The first-order valence-electron chi connectivity index (χ1n) is 20.8. The maximum Gasteiger partial charge on any atom is 0.141 e. The Balaban J connectivity index is 1.06. The molecule has 4 heterocycles. The van der Waals surface area contributed by atoms with Crippen molar-refractivity contribution in [1.29, 1.82) is 0 Å². The number of aromatic nitrogens is 1. The molecule has 0 fully saturated rings. The molecule has 8 aliphatic rings. The molecule has 0 saturated carbocycles. The van der Waals surface area contributed by atoms with Crippen molar-refractivity contribution >= 4 is 28.5 Å². The van der Waals surface area contributed by atoms with E-state index in [1.165, 1.54) is 87.2 Å². The minimum atomic E-state index is -0.0856. The maximum atomic E-state index is 5.54. The second kappa shape index (κ2) is 14.7. The molecule has 4 unspecified atom stereocenters. The molecule has 2 aromatic rings. The van der Waals surface area contributed by atoms with Gasteiger partial charge in [0.25, 0.3) is 0 Å². The Morgan fingerprint density at radius 3 is 2.67 bits per heavy atom. The Morgan fingerprint density at radius 1 is 0.796 bits per heavy atom. The van der Waals surface area contributed by atoms with Crippen LogP contribution in [0.1, 0.15) is 94.2 Å². The molecule has 1 aromatic heterocycles. The summed E-state index contributed by atoms with van der Waals surface area (Å²) in [5.74, 6) is 1.37. The molecule has 2 N–H and O–H groups in total. The molecule has 0 saturated heterocycles. The van der Waals surface area contributed by atoms with Crippen LogP contribution in [0.3, 0.4) is 0 Å². The third-order valence-corrected chi connectivity index (χ3v) is 12.8. The summed E-state index contributed by atoms with van der Waals surface area (Å²) in [6, 6.07) is 9.09. The fourth-order valence-electron chi connectivity index (χ4n) is 9.80. The number of nitrogens with one attached hydrogen (secondary N) is 2. The lowest BCUT2D eigenvalue weighted by Gasteiger charge is -2.32. The van der Waals surface area contributed by atoms with Crippen molar-refractivity contribution in [3.8, 4) is 0 Å². The number of hydrogen-bond acceptors (Lipinski definition) is 5. The molecule has 0 amide bonds. The van der Waals surface area contributed by atoms with E-state index in [-0.39, 0.29) is 12.1 Å². The van der Waals surface area contributed by atoms with Gasteiger partial charge in [0.2, 0.25) is 0 Å². The molecule has 5 aliphatic carbocycles. The van der Waals surface area contributed by atoms with Crippen LogP contribution in [0.2, 0.25) is 0 Å². The highest BCUT2D eigenvalue weighted by Gasteiger charge is 2.30. The average Bonchev–Trinajstić information content (AvgIpc) is 3.26. The molecule has 10 rings (SSSR count). The maximum absolute atomic E-state index is 5.54. The molecular weight excluding hydrogens is 659 g/mol. The van der Waals surface area contributed by atoms with Gasteiger partial charge in [-0.1, -0.05) is 79.0 Å². The van der Waals surface area contributed by atoms with Gasteiger partial charge in [-0.25, -0.2) is 0 Å². The quantitative estimate of drug-likeness (QED) is 0.294. The van der Waals surface area contributed by atoms with E-state index in [1.54, 1.807) is 0 Å². The number of hydrogen-bond donors (Lipinski definition) is 2. The van der Waals surface area contributed by atoms with E-state index in [4.69, 9.17) is 15.0 Å². The summed E-state index contributed by atoms with van der Waals surface area (Å²) in [7, 11) is 0. The summed E-state index contributed by atoms with van der Waals surface area (Å²) in [6.45, 7) is 1.01. The lowest BCUT2D eigenvalue weighted by molar-refractivity contribution is 0.420. The number of rotatable bonds is 6. The Kier molecular flexibility index (Phi) is 9.10. The van der Waals surface area contributed by atoms with E-state index in [0.29, 0.717) is 11.8 Å². The van der Waals surface area contributed by atoms with Crippen LogP contribution in [0.5, 0.6) is 0 Å². The van der Waals surface area contributed by atoms with Crippen LogP contribution in [0.15, 0.2) is 152 Å². The summed E-state index contributed by atoms with van der Waals surface area (Å²) in [4.78, 5) is 16.0. The first-order valence-corrected chi connectivity index (χ1v) is 20.8. The molecule has 0 radical (unpaired) electrons. The fraction of sp³-hybridized carbons (Fsp3) is 0.367. The van der Waals surface area contributed by atoms with Gasteiger partial charge in [-0.2, -0.15) is 0 Å². The van der Waals surface area contributed by atoms with Crippen molar-refractivity contribution in [1.82, 2.24) is 10.3 Å². The first-order chi connectivity index (χ1) is 26.7. The summed E-state index contributed by atoms with van der Waals surface area (Å²) in [5, 5.41) is 8.81. The van der Waals surface area contributed by atoms with Gasteiger partial charge in [0.05, 0.1) is 22.6 Å². The van der Waals surface area contributed by atoms with E-state index in [9.17, 15) is 0 Å². The van der Waals surface area contributed by atoms with E-state index < -0.39 is 0 Å². The number of pyridine rings is 1. The smallest absolute Gasteiger partial charge is 0.141 e. The predicted molar refractivity (Wildman–Crippen MR) is 225 cm³/mol. The first kappa shape index (κ1) is 33.5. The molecule has 3 aliphatic heterocycles. The van der Waals surface area contributed by atoms with Crippen molar-refractivity contribution in [2.24, 2.45) is 21.8 Å². The van der Waals surface area contributed by atoms with Crippen LogP contribution in [-0.2, 0) is 6.42 Å². The topological polar surface area (TPSA) is 61.7 Å². The van der Waals surface area contributed by atoms with E-state index in [1.807, 2.05) is 0 Å². The Labute approximate surface area is 320 Å². The number of allylic oxidation sites excluding steroid dienone is 16. The Bertz CT molecular complexity index is 2260. The molecule has 54 heavy (non-hydrogen) atoms. The van der Waals surface area contributed by atoms with Gasteiger partial charge in [0, 0.05) is 35.5 Å².